The number of para-hydroxylation sites is 1. The van der Waals surface area contributed by atoms with E-state index in [0.29, 0.717) is 10.2 Å². The second-order valence-electron chi connectivity index (χ2n) is 4.25. The molecule has 11 heteroatoms. The fraction of sp³-hybridized carbons (Fsp3) is 0.273. The maximum absolute atomic E-state index is 12.6. The largest absolute Gasteiger partial charge is 0.453 e. The molecule has 118 valence electrons. The Kier molecular flexibility index (Phi) is 4.26. The van der Waals surface area contributed by atoms with Crippen molar-refractivity contribution in [3.8, 4) is 0 Å². The van der Waals surface area contributed by atoms with Crippen molar-refractivity contribution < 1.29 is 18.1 Å². The van der Waals surface area contributed by atoms with Gasteiger partial charge in [0.05, 0.1) is 4.92 Å². The number of hydrogen-bond acceptors (Lipinski definition) is 6. The molecular formula is C11H10F3N5O2S. The molecule has 7 nitrogen and oxygen atoms in total. The van der Waals surface area contributed by atoms with Crippen LogP contribution in [0.2, 0.25) is 0 Å². The van der Waals surface area contributed by atoms with Crippen molar-refractivity contribution in [1.82, 2.24) is 14.9 Å². The van der Waals surface area contributed by atoms with E-state index in [0.717, 1.165) is 11.8 Å². The number of halogens is 3. The minimum atomic E-state index is -4.72. The number of thioether (sulfide) groups is 1. The van der Waals surface area contributed by atoms with Gasteiger partial charge in [-0.3, -0.25) is 10.1 Å². The van der Waals surface area contributed by atoms with Gasteiger partial charge in [-0.05, 0) is 6.92 Å². The molecule has 0 fully saturated rings. The Morgan fingerprint density at radius 3 is 2.55 bits per heavy atom. The summed E-state index contributed by atoms with van der Waals surface area (Å²) in [5, 5.41) is 16.6. The van der Waals surface area contributed by atoms with Crippen molar-refractivity contribution in [2.24, 2.45) is 0 Å². The van der Waals surface area contributed by atoms with Crippen molar-refractivity contribution in [2.45, 2.75) is 23.5 Å². The van der Waals surface area contributed by atoms with E-state index in [4.69, 9.17) is 5.84 Å². The van der Waals surface area contributed by atoms with Crippen LogP contribution in [0.5, 0.6) is 0 Å². The van der Waals surface area contributed by atoms with Crippen molar-refractivity contribution in [1.29, 1.82) is 0 Å². The second kappa shape index (κ2) is 5.83. The third-order valence-corrected chi connectivity index (χ3v) is 3.87. The van der Waals surface area contributed by atoms with E-state index >= 15 is 0 Å². The number of rotatable bonds is 4. The van der Waals surface area contributed by atoms with E-state index in [1.807, 2.05) is 0 Å². The van der Waals surface area contributed by atoms with Crippen molar-refractivity contribution >= 4 is 17.4 Å². The Morgan fingerprint density at radius 1 is 1.36 bits per heavy atom. The molecule has 1 aromatic carbocycles. The molecule has 0 saturated carbocycles. The predicted octanol–water partition coefficient (Wildman–Crippen LogP) is 2.77. The summed E-state index contributed by atoms with van der Waals surface area (Å²) >= 11 is 0.852. The molecule has 0 amide bonds. The van der Waals surface area contributed by atoms with Crippen LogP contribution in [-0.2, 0) is 6.18 Å². The van der Waals surface area contributed by atoms with Gasteiger partial charge in [-0.25, -0.2) is 4.68 Å². The number of nitrogens with zero attached hydrogens (tertiary/aromatic N) is 4. The van der Waals surface area contributed by atoms with E-state index in [1.165, 1.54) is 18.2 Å². The lowest BCUT2D eigenvalue weighted by Crippen LogP contribution is -2.21. The molecule has 22 heavy (non-hydrogen) atoms. The topological polar surface area (TPSA) is 99.9 Å². The molecule has 0 aliphatic rings. The minimum Gasteiger partial charge on any atom is -0.335 e. The average molecular weight is 333 g/mol. The van der Waals surface area contributed by atoms with Crippen LogP contribution in [0.1, 0.15) is 23.6 Å². The Balaban J connectivity index is 2.29. The Morgan fingerprint density at radius 2 is 2.00 bits per heavy atom. The van der Waals surface area contributed by atoms with E-state index in [9.17, 15) is 23.3 Å². The second-order valence-corrected chi connectivity index (χ2v) is 5.56. The van der Waals surface area contributed by atoms with Gasteiger partial charge in [0.25, 0.3) is 11.5 Å². The Hall–Kier alpha value is -2.30. The normalized spacial score (nSPS) is 13.1. The highest BCUT2D eigenvalue weighted by atomic mass is 32.2. The summed E-state index contributed by atoms with van der Waals surface area (Å²) in [6.45, 7) is 1.61. The number of benzene rings is 1. The number of nitrogen functional groups attached to an aromatic ring is 1. The van der Waals surface area contributed by atoms with Gasteiger partial charge in [-0.15, -0.1) is 10.2 Å². The molecule has 0 bridgehead atoms. The lowest BCUT2D eigenvalue weighted by molar-refractivity contribution is -0.385. The number of nitrogens with two attached hydrogens (primary N) is 1. The van der Waals surface area contributed by atoms with Crippen LogP contribution in [-0.4, -0.2) is 19.8 Å². The molecule has 0 aliphatic heterocycles. The molecule has 1 heterocycles. The van der Waals surface area contributed by atoms with Crippen molar-refractivity contribution in [2.75, 3.05) is 5.84 Å². The van der Waals surface area contributed by atoms with Gasteiger partial charge >= 0.3 is 6.18 Å². The van der Waals surface area contributed by atoms with Crippen molar-refractivity contribution in [3.63, 3.8) is 0 Å². The first kappa shape index (κ1) is 16.1. The zero-order chi connectivity index (χ0) is 16.5. The van der Waals surface area contributed by atoms with Crippen molar-refractivity contribution in [3.05, 3.63) is 45.8 Å². The fourth-order valence-electron chi connectivity index (χ4n) is 1.77. The van der Waals surface area contributed by atoms with Crippen LogP contribution in [0.4, 0.5) is 18.9 Å². The standard InChI is InChI=1S/C11H10F3N5O2S/c1-6(7-4-2-3-5-8(7)19(20)21)22-10-17-16-9(18(10)15)11(12,13)14/h2-6H,15H2,1H3/t6-/m1/s1. The zero-order valence-corrected chi connectivity index (χ0v) is 11.9. The summed E-state index contributed by atoms with van der Waals surface area (Å²) in [6, 6.07) is 5.96. The summed E-state index contributed by atoms with van der Waals surface area (Å²) in [5.74, 6) is 4.00. The molecule has 2 N–H and O–H groups in total. The number of nitro benzene ring substituents is 1. The van der Waals surface area contributed by atoms with Gasteiger partial charge in [-0.2, -0.15) is 13.2 Å². The van der Waals surface area contributed by atoms with E-state index < -0.39 is 22.2 Å². The summed E-state index contributed by atoms with van der Waals surface area (Å²) in [7, 11) is 0. The van der Waals surface area contributed by atoms with Gasteiger partial charge in [0.1, 0.15) is 0 Å². The summed E-state index contributed by atoms with van der Waals surface area (Å²) in [6.07, 6.45) is -4.72. The lowest BCUT2D eigenvalue weighted by Gasteiger charge is -2.11. The molecule has 0 radical (unpaired) electrons. The summed E-state index contributed by atoms with van der Waals surface area (Å²) < 4.78 is 38.1. The van der Waals surface area contributed by atoms with Crippen LogP contribution in [0.3, 0.4) is 0 Å². The first-order valence-electron chi connectivity index (χ1n) is 5.89. The first-order chi connectivity index (χ1) is 10.2. The highest BCUT2D eigenvalue weighted by molar-refractivity contribution is 7.99. The summed E-state index contributed by atoms with van der Waals surface area (Å²) in [5.41, 5.74) is 0.232. The molecule has 0 aliphatic carbocycles. The molecule has 2 aromatic rings. The van der Waals surface area contributed by atoms with Crippen LogP contribution in [0.15, 0.2) is 29.4 Å². The number of aromatic nitrogens is 3. The molecule has 2 rings (SSSR count). The molecular weight excluding hydrogens is 323 g/mol. The molecule has 1 aromatic heterocycles. The number of nitro groups is 1. The van der Waals surface area contributed by atoms with Gasteiger partial charge in [-0.1, -0.05) is 30.0 Å². The van der Waals surface area contributed by atoms with Crippen LogP contribution in [0, 0.1) is 10.1 Å². The molecule has 0 spiro atoms. The number of alkyl halides is 3. The molecule has 0 unspecified atom stereocenters. The lowest BCUT2D eigenvalue weighted by atomic mass is 10.1. The quantitative estimate of drug-likeness (QED) is 0.400. The van der Waals surface area contributed by atoms with Gasteiger partial charge < -0.3 is 5.84 Å². The first-order valence-corrected chi connectivity index (χ1v) is 6.77. The SMILES string of the molecule is C[C@@H](Sc1nnc(C(F)(F)F)n1N)c1ccccc1[N+](=O)[O-]. The minimum absolute atomic E-state index is 0.123. The van der Waals surface area contributed by atoms with Gasteiger partial charge in [0, 0.05) is 16.9 Å². The highest BCUT2D eigenvalue weighted by Gasteiger charge is 2.38. The fourth-order valence-corrected chi connectivity index (χ4v) is 2.70. The smallest absolute Gasteiger partial charge is 0.335 e. The summed E-state index contributed by atoms with van der Waals surface area (Å²) in [4.78, 5) is 10.4. The third kappa shape index (κ3) is 3.13. The highest BCUT2D eigenvalue weighted by Crippen LogP contribution is 2.38. The predicted molar refractivity (Wildman–Crippen MR) is 72.5 cm³/mol. The average Bonchev–Trinajstić information content (AvgIpc) is 2.80. The van der Waals surface area contributed by atoms with Crippen LogP contribution < -0.4 is 5.84 Å². The Labute approximate surface area is 126 Å². The number of hydrogen-bond donors (Lipinski definition) is 1. The Bertz CT molecular complexity index is 703. The van der Waals surface area contributed by atoms with E-state index in [-0.39, 0.29) is 10.8 Å². The van der Waals surface area contributed by atoms with E-state index in [1.54, 1.807) is 13.0 Å². The van der Waals surface area contributed by atoms with Crippen LogP contribution >= 0.6 is 11.8 Å². The maximum atomic E-state index is 12.6. The third-order valence-electron chi connectivity index (χ3n) is 2.77. The van der Waals surface area contributed by atoms with E-state index in [2.05, 4.69) is 10.2 Å². The van der Waals surface area contributed by atoms with Gasteiger partial charge in [0.2, 0.25) is 5.16 Å². The molecule has 1 atom stereocenters. The molecule has 0 saturated heterocycles. The zero-order valence-electron chi connectivity index (χ0n) is 11.1. The maximum Gasteiger partial charge on any atom is 0.453 e. The van der Waals surface area contributed by atoms with Gasteiger partial charge in [0.15, 0.2) is 0 Å². The van der Waals surface area contributed by atoms with Crippen LogP contribution in [0.25, 0.3) is 0 Å². The monoisotopic (exact) mass is 333 g/mol.